The fourth-order valence-electron chi connectivity index (χ4n) is 2.18. The normalized spacial score (nSPS) is 24.3. The summed E-state index contributed by atoms with van der Waals surface area (Å²) in [4.78, 5) is -0.0644. The smallest absolute Gasteiger partial charge is 0.245 e. The highest BCUT2D eigenvalue weighted by Gasteiger charge is 2.39. The minimum absolute atomic E-state index is 0.0644. The van der Waals surface area contributed by atoms with E-state index < -0.39 is 22.2 Å². The highest BCUT2D eigenvalue weighted by Crippen LogP contribution is 2.36. The molecule has 0 radical (unpaired) electrons. The first kappa shape index (κ1) is 16.0. The number of aliphatic hydroxyl groups excluding tert-OH is 2. The molecule has 1 aromatic rings. The number of aliphatic hydroxyl groups is 2. The number of aryl methyl sites for hydroxylation is 1. The second kappa shape index (κ2) is 5.44. The van der Waals surface area contributed by atoms with Crippen LogP contribution in [0, 0.1) is 13.8 Å². The number of hydrogen-bond donors (Lipinski definition) is 2. The zero-order valence-electron chi connectivity index (χ0n) is 11.0. The first-order valence-electron chi connectivity index (χ1n) is 5.97. The molecule has 2 rings (SSSR count). The molecule has 112 valence electrons. The fraction of sp³-hybridized carbons (Fsp3) is 0.500. The fourth-order valence-corrected chi connectivity index (χ4v) is 4.82. The summed E-state index contributed by atoms with van der Waals surface area (Å²) in [6.07, 6.45) is -2.19. The molecule has 0 aromatic heterocycles. The largest absolute Gasteiger partial charge is 0.389 e. The van der Waals surface area contributed by atoms with Crippen LogP contribution in [-0.4, -0.2) is 48.2 Å². The van der Waals surface area contributed by atoms with Gasteiger partial charge in [0, 0.05) is 18.1 Å². The summed E-state index contributed by atoms with van der Waals surface area (Å²) in [5.41, 5.74) is 0.916. The second-order valence-corrected chi connectivity index (χ2v) is 7.56. The van der Waals surface area contributed by atoms with Crippen molar-refractivity contribution in [2.75, 3.05) is 13.1 Å². The monoisotopic (exact) mass is 339 g/mol. The molecule has 20 heavy (non-hydrogen) atoms. The lowest BCUT2D eigenvalue weighted by atomic mass is 10.2. The van der Waals surface area contributed by atoms with Gasteiger partial charge in [-0.1, -0.05) is 23.2 Å². The van der Waals surface area contributed by atoms with Crippen LogP contribution >= 0.6 is 23.2 Å². The Morgan fingerprint density at radius 1 is 1.20 bits per heavy atom. The van der Waals surface area contributed by atoms with Crippen LogP contribution in [-0.2, 0) is 10.0 Å². The molecule has 1 aliphatic rings. The lowest BCUT2D eigenvalue weighted by Crippen LogP contribution is -2.31. The summed E-state index contributed by atoms with van der Waals surface area (Å²) in [6, 6.07) is 1.60. The third kappa shape index (κ3) is 2.56. The minimum atomic E-state index is -3.91. The number of β-amino-alcohol motifs (C(OH)–C–C–N with tert-alkyl or cyclic N) is 2. The van der Waals surface area contributed by atoms with Gasteiger partial charge in [0.1, 0.15) is 4.90 Å². The van der Waals surface area contributed by atoms with E-state index in [9.17, 15) is 18.6 Å². The van der Waals surface area contributed by atoms with Crippen molar-refractivity contribution in [3.8, 4) is 0 Å². The average Bonchev–Trinajstić information content (AvgIpc) is 2.68. The summed E-state index contributed by atoms with van der Waals surface area (Å²) >= 11 is 12.1. The van der Waals surface area contributed by atoms with Crippen LogP contribution in [0.5, 0.6) is 0 Å². The maximum atomic E-state index is 12.6. The van der Waals surface area contributed by atoms with E-state index in [1.54, 1.807) is 19.9 Å². The number of rotatable bonds is 2. The van der Waals surface area contributed by atoms with Gasteiger partial charge in [-0.25, -0.2) is 8.42 Å². The van der Waals surface area contributed by atoms with Gasteiger partial charge in [-0.15, -0.1) is 0 Å². The lowest BCUT2D eigenvalue weighted by molar-refractivity contribution is 0.0572. The van der Waals surface area contributed by atoms with E-state index in [2.05, 4.69) is 0 Å². The Morgan fingerprint density at radius 2 is 1.70 bits per heavy atom. The first-order valence-corrected chi connectivity index (χ1v) is 8.17. The highest BCUT2D eigenvalue weighted by molar-refractivity contribution is 7.89. The van der Waals surface area contributed by atoms with Gasteiger partial charge >= 0.3 is 0 Å². The standard InChI is InChI=1S/C12H15Cl2NO4S/c1-6-3-8(13)7(2)12(11(6)14)20(18,19)15-4-9(16)10(17)5-15/h3,9-10,16-17H,4-5H2,1-2H3/t9-,10+. The topological polar surface area (TPSA) is 77.8 Å². The van der Waals surface area contributed by atoms with Gasteiger partial charge in [0.2, 0.25) is 10.0 Å². The molecule has 0 saturated carbocycles. The summed E-state index contributed by atoms with van der Waals surface area (Å²) in [7, 11) is -3.91. The first-order chi connectivity index (χ1) is 9.16. The van der Waals surface area contributed by atoms with Crippen LogP contribution in [0.4, 0.5) is 0 Å². The van der Waals surface area contributed by atoms with Crippen LogP contribution in [0.2, 0.25) is 10.0 Å². The molecule has 5 nitrogen and oxygen atoms in total. The molecule has 2 N–H and O–H groups in total. The van der Waals surface area contributed by atoms with Gasteiger partial charge in [-0.05, 0) is 31.0 Å². The van der Waals surface area contributed by atoms with E-state index in [0.717, 1.165) is 4.31 Å². The van der Waals surface area contributed by atoms with Crippen LogP contribution in [0.3, 0.4) is 0 Å². The average molecular weight is 340 g/mol. The van der Waals surface area contributed by atoms with Gasteiger partial charge in [-0.3, -0.25) is 0 Å². The van der Waals surface area contributed by atoms with E-state index in [1.807, 2.05) is 0 Å². The molecule has 0 amide bonds. The molecule has 1 aromatic carbocycles. The van der Waals surface area contributed by atoms with Crippen molar-refractivity contribution >= 4 is 33.2 Å². The maximum Gasteiger partial charge on any atom is 0.245 e. The Bertz CT molecular complexity index is 611. The second-order valence-electron chi connectivity index (χ2n) is 4.90. The number of sulfonamides is 1. The van der Waals surface area contributed by atoms with Crippen LogP contribution in [0.1, 0.15) is 11.1 Å². The van der Waals surface area contributed by atoms with Crippen LogP contribution in [0.25, 0.3) is 0 Å². The van der Waals surface area contributed by atoms with E-state index in [4.69, 9.17) is 23.2 Å². The zero-order chi connectivity index (χ0) is 15.2. The van der Waals surface area contributed by atoms with E-state index >= 15 is 0 Å². The van der Waals surface area contributed by atoms with Gasteiger partial charge in [0.05, 0.1) is 17.2 Å². The van der Waals surface area contributed by atoms with Crippen LogP contribution in [0.15, 0.2) is 11.0 Å². The quantitative estimate of drug-likeness (QED) is 0.852. The van der Waals surface area contributed by atoms with Gasteiger partial charge in [-0.2, -0.15) is 4.31 Å². The van der Waals surface area contributed by atoms with Crippen molar-refractivity contribution in [1.29, 1.82) is 0 Å². The minimum Gasteiger partial charge on any atom is -0.389 e. The highest BCUT2D eigenvalue weighted by atomic mass is 35.5. The Kier molecular flexibility index (Phi) is 4.35. The molecule has 0 spiro atoms. The molecule has 1 heterocycles. The third-order valence-corrected chi connectivity index (χ3v) is 6.41. The molecule has 1 fully saturated rings. The Hall–Kier alpha value is -0.370. The molecule has 8 heteroatoms. The molecule has 1 aliphatic heterocycles. The van der Waals surface area contributed by atoms with Crippen molar-refractivity contribution in [3.05, 3.63) is 27.2 Å². The van der Waals surface area contributed by atoms with Crippen molar-refractivity contribution in [2.24, 2.45) is 0 Å². The number of benzene rings is 1. The number of nitrogens with zero attached hydrogens (tertiary/aromatic N) is 1. The predicted molar refractivity (Wildman–Crippen MR) is 76.7 cm³/mol. The molecular weight excluding hydrogens is 325 g/mol. The van der Waals surface area contributed by atoms with Gasteiger partial charge in [0.15, 0.2) is 0 Å². The SMILES string of the molecule is Cc1cc(Cl)c(C)c(S(=O)(=O)N2C[C@@H](O)[C@@H](O)C2)c1Cl. The number of halogens is 2. The van der Waals surface area contributed by atoms with Crippen molar-refractivity contribution in [2.45, 2.75) is 31.0 Å². The molecular formula is C12H15Cl2NO4S. The van der Waals surface area contributed by atoms with Crippen molar-refractivity contribution in [3.63, 3.8) is 0 Å². The van der Waals surface area contributed by atoms with Crippen LogP contribution < -0.4 is 0 Å². The maximum absolute atomic E-state index is 12.6. The third-order valence-electron chi connectivity index (χ3n) is 3.41. The molecule has 0 aliphatic carbocycles. The van der Waals surface area contributed by atoms with Gasteiger partial charge < -0.3 is 10.2 Å². The van der Waals surface area contributed by atoms with E-state index in [1.165, 1.54) is 0 Å². The molecule has 0 unspecified atom stereocenters. The van der Waals surface area contributed by atoms with E-state index in [-0.39, 0.29) is 23.0 Å². The van der Waals surface area contributed by atoms with Crippen molar-refractivity contribution < 1.29 is 18.6 Å². The summed E-state index contributed by atoms with van der Waals surface area (Å²) in [5, 5.41) is 19.4. The van der Waals surface area contributed by atoms with E-state index in [0.29, 0.717) is 16.1 Å². The predicted octanol–water partition coefficient (Wildman–Crippen LogP) is 1.34. The summed E-state index contributed by atoms with van der Waals surface area (Å²) in [6.45, 7) is 2.92. The Morgan fingerprint density at radius 3 is 2.20 bits per heavy atom. The molecule has 2 atom stereocenters. The summed E-state index contributed by atoms with van der Waals surface area (Å²) in [5.74, 6) is 0. The Labute approximate surface area is 127 Å². The zero-order valence-corrected chi connectivity index (χ0v) is 13.3. The molecule has 0 bridgehead atoms. The molecule has 1 saturated heterocycles. The van der Waals surface area contributed by atoms with Gasteiger partial charge in [0.25, 0.3) is 0 Å². The summed E-state index contributed by atoms with van der Waals surface area (Å²) < 4.78 is 26.3. The lowest BCUT2D eigenvalue weighted by Gasteiger charge is -2.19. The van der Waals surface area contributed by atoms with Crippen molar-refractivity contribution in [1.82, 2.24) is 4.31 Å². The Balaban J connectivity index is 2.56. The number of hydrogen-bond acceptors (Lipinski definition) is 4.